The van der Waals surface area contributed by atoms with Crippen LogP contribution in [0.2, 0.25) is 0 Å². The number of amides is 2. The zero-order valence-corrected chi connectivity index (χ0v) is 12.6. The molecule has 20 heavy (non-hydrogen) atoms. The van der Waals surface area contributed by atoms with Crippen LogP contribution in [0, 0.1) is 11.8 Å². The molecule has 1 aliphatic heterocycles. The van der Waals surface area contributed by atoms with Gasteiger partial charge in [0.1, 0.15) is 0 Å². The Bertz CT molecular complexity index is 353. The van der Waals surface area contributed by atoms with Gasteiger partial charge in [-0.05, 0) is 25.2 Å². The molecule has 2 rings (SSSR count). The summed E-state index contributed by atoms with van der Waals surface area (Å²) in [5.74, 6) is 0.556. The van der Waals surface area contributed by atoms with E-state index in [9.17, 15) is 9.59 Å². The standard InChI is InChI=1S/C15H26N2O3/c1-11(2)10-20-7-3-6-16-15(19)12-8-14(18)17(9-12)13-4-5-13/h11-13H,3-10H2,1-2H3,(H,16,19)/t12-/m0/s1. The summed E-state index contributed by atoms with van der Waals surface area (Å²) >= 11 is 0. The minimum atomic E-state index is -0.153. The average molecular weight is 282 g/mol. The van der Waals surface area contributed by atoms with Crippen LogP contribution in [-0.2, 0) is 14.3 Å². The van der Waals surface area contributed by atoms with E-state index in [0.717, 1.165) is 25.9 Å². The zero-order valence-electron chi connectivity index (χ0n) is 12.6. The first-order valence-electron chi connectivity index (χ1n) is 7.73. The molecule has 0 aromatic rings. The van der Waals surface area contributed by atoms with Gasteiger partial charge in [0.05, 0.1) is 5.92 Å². The van der Waals surface area contributed by atoms with Crippen LogP contribution in [0.4, 0.5) is 0 Å². The highest BCUT2D eigenvalue weighted by Gasteiger charge is 2.41. The summed E-state index contributed by atoms with van der Waals surface area (Å²) in [7, 11) is 0. The van der Waals surface area contributed by atoms with Crippen molar-refractivity contribution in [1.82, 2.24) is 10.2 Å². The summed E-state index contributed by atoms with van der Waals surface area (Å²) in [6.07, 6.45) is 3.41. The first-order valence-corrected chi connectivity index (χ1v) is 7.73. The lowest BCUT2D eigenvalue weighted by molar-refractivity contribution is -0.129. The van der Waals surface area contributed by atoms with Crippen LogP contribution in [0.15, 0.2) is 0 Å². The molecule has 5 heteroatoms. The molecule has 1 heterocycles. The number of rotatable bonds is 8. The third-order valence-corrected chi connectivity index (χ3v) is 3.73. The van der Waals surface area contributed by atoms with Gasteiger partial charge in [0.15, 0.2) is 0 Å². The third-order valence-electron chi connectivity index (χ3n) is 3.73. The zero-order chi connectivity index (χ0) is 14.5. The van der Waals surface area contributed by atoms with E-state index >= 15 is 0 Å². The second-order valence-corrected chi connectivity index (χ2v) is 6.29. The van der Waals surface area contributed by atoms with E-state index in [1.54, 1.807) is 0 Å². The second-order valence-electron chi connectivity index (χ2n) is 6.29. The molecule has 5 nitrogen and oxygen atoms in total. The van der Waals surface area contributed by atoms with E-state index < -0.39 is 0 Å². The summed E-state index contributed by atoms with van der Waals surface area (Å²) < 4.78 is 5.46. The van der Waals surface area contributed by atoms with Gasteiger partial charge >= 0.3 is 0 Å². The Morgan fingerprint density at radius 2 is 2.20 bits per heavy atom. The van der Waals surface area contributed by atoms with Gasteiger partial charge in [-0.25, -0.2) is 0 Å². The number of nitrogens with one attached hydrogen (secondary N) is 1. The highest BCUT2D eigenvalue weighted by molar-refractivity contribution is 5.89. The van der Waals surface area contributed by atoms with Crippen LogP contribution in [-0.4, -0.2) is 49.1 Å². The molecule has 0 spiro atoms. The van der Waals surface area contributed by atoms with Crippen molar-refractivity contribution in [2.45, 2.75) is 45.6 Å². The van der Waals surface area contributed by atoms with E-state index in [0.29, 0.717) is 38.1 Å². The van der Waals surface area contributed by atoms with Gasteiger partial charge in [0.25, 0.3) is 0 Å². The molecule has 2 aliphatic rings. The van der Waals surface area contributed by atoms with Crippen molar-refractivity contribution in [2.75, 3.05) is 26.3 Å². The maximum Gasteiger partial charge on any atom is 0.225 e. The SMILES string of the molecule is CC(C)COCCCNC(=O)[C@H]1CC(=O)N(C2CC2)C1. The molecule has 0 unspecified atom stereocenters. The maximum absolute atomic E-state index is 12.0. The van der Waals surface area contributed by atoms with Crippen molar-refractivity contribution in [3.8, 4) is 0 Å². The maximum atomic E-state index is 12.0. The van der Waals surface area contributed by atoms with Crippen LogP contribution in [0.25, 0.3) is 0 Å². The Labute approximate surface area is 121 Å². The van der Waals surface area contributed by atoms with Crippen molar-refractivity contribution in [3.05, 3.63) is 0 Å². The van der Waals surface area contributed by atoms with Crippen molar-refractivity contribution in [3.63, 3.8) is 0 Å². The van der Waals surface area contributed by atoms with Gasteiger partial charge in [0, 0.05) is 38.8 Å². The quantitative estimate of drug-likeness (QED) is 0.680. The Morgan fingerprint density at radius 3 is 2.85 bits per heavy atom. The summed E-state index contributed by atoms with van der Waals surface area (Å²) in [6, 6.07) is 0.421. The Balaban J connectivity index is 1.57. The second kappa shape index (κ2) is 7.07. The lowest BCUT2D eigenvalue weighted by atomic mass is 10.1. The van der Waals surface area contributed by atoms with Gasteiger partial charge in [0.2, 0.25) is 11.8 Å². The van der Waals surface area contributed by atoms with Gasteiger partial charge in [-0.2, -0.15) is 0 Å². The van der Waals surface area contributed by atoms with Crippen LogP contribution in [0.1, 0.15) is 39.5 Å². The average Bonchev–Trinajstić information content (AvgIpc) is 3.16. The topological polar surface area (TPSA) is 58.6 Å². The van der Waals surface area contributed by atoms with E-state index in [-0.39, 0.29) is 17.7 Å². The number of carbonyl (C=O) groups excluding carboxylic acids is 2. The third kappa shape index (κ3) is 4.47. The van der Waals surface area contributed by atoms with Crippen molar-refractivity contribution in [1.29, 1.82) is 0 Å². The largest absolute Gasteiger partial charge is 0.381 e. The number of likely N-dealkylation sites (tertiary alicyclic amines) is 1. The molecule has 0 aromatic carbocycles. The summed E-state index contributed by atoms with van der Waals surface area (Å²) in [5.41, 5.74) is 0. The predicted molar refractivity (Wildman–Crippen MR) is 76.1 cm³/mol. The normalized spacial score (nSPS) is 22.6. The molecule has 0 aromatic heterocycles. The van der Waals surface area contributed by atoms with Gasteiger partial charge in [-0.1, -0.05) is 13.8 Å². The number of hydrogen-bond donors (Lipinski definition) is 1. The molecule has 2 fully saturated rings. The monoisotopic (exact) mass is 282 g/mol. The summed E-state index contributed by atoms with van der Waals surface area (Å²) in [5, 5.41) is 2.92. The highest BCUT2D eigenvalue weighted by atomic mass is 16.5. The molecule has 1 N–H and O–H groups in total. The lowest BCUT2D eigenvalue weighted by Crippen LogP contribution is -2.34. The van der Waals surface area contributed by atoms with Gasteiger partial charge in [-0.3, -0.25) is 9.59 Å². The summed E-state index contributed by atoms with van der Waals surface area (Å²) in [6.45, 7) is 6.91. The fourth-order valence-electron chi connectivity index (χ4n) is 2.50. The molecule has 1 saturated heterocycles. The van der Waals surface area contributed by atoms with E-state index in [1.165, 1.54) is 0 Å². The molecule has 114 valence electrons. The number of ether oxygens (including phenoxy) is 1. The molecule has 1 saturated carbocycles. The number of hydrogen-bond acceptors (Lipinski definition) is 3. The molecular weight excluding hydrogens is 256 g/mol. The first-order chi connectivity index (χ1) is 9.58. The molecule has 2 amide bonds. The Morgan fingerprint density at radius 1 is 1.45 bits per heavy atom. The molecule has 0 radical (unpaired) electrons. The Kier molecular flexibility index (Phi) is 5.40. The highest BCUT2D eigenvalue weighted by Crippen LogP contribution is 2.32. The summed E-state index contributed by atoms with van der Waals surface area (Å²) in [4.78, 5) is 25.6. The van der Waals surface area contributed by atoms with Gasteiger partial charge in [-0.15, -0.1) is 0 Å². The Hall–Kier alpha value is -1.10. The molecule has 0 bridgehead atoms. The minimum absolute atomic E-state index is 0.0189. The van der Waals surface area contributed by atoms with Crippen LogP contribution in [0.3, 0.4) is 0 Å². The van der Waals surface area contributed by atoms with Crippen molar-refractivity contribution < 1.29 is 14.3 Å². The van der Waals surface area contributed by atoms with E-state index in [1.807, 2.05) is 4.90 Å². The fraction of sp³-hybridized carbons (Fsp3) is 0.867. The number of nitrogens with zero attached hydrogens (tertiary/aromatic N) is 1. The fourth-order valence-corrected chi connectivity index (χ4v) is 2.50. The minimum Gasteiger partial charge on any atom is -0.381 e. The molecule has 1 atom stereocenters. The van der Waals surface area contributed by atoms with Crippen molar-refractivity contribution in [2.24, 2.45) is 11.8 Å². The van der Waals surface area contributed by atoms with Crippen LogP contribution < -0.4 is 5.32 Å². The van der Waals surface area contributed by atoms with Crippen LogP contribution >= 0.6 is 0 Å². The van der Waals surface area contributed by atoms with Crippen LogP contribution in [0.5, 0.6) is 0 Å². The predicted octanol–water partition coefficient (Wildman–Crippen LogP) is 1.18. The number of carbonyl (C=O) groups is 2. The van der Waals surface area contributed by atoms with Gasteiger partial charge < -0.3 is 15.0 Å². The van der Waals surface area contributed by atoms with E-state index in [2.05, 4.69) is 19.2 Å². The first kappa shape index (κ1) is 15.3. The molecular formula is C15H26N2O3. The smallest absolute Gasteiger partial charge is 0.225 e. The lowest BCUT2D eigenvalue weighted by Gasteiger charge is -2.15. The van der Waals surface area contributed by atoms with Crippen molar-refractivity contribution >= 4 is 11.8 Å². The van der Waals surface area contributed by atoms with E-state index in [4.69, 9.17) is 4.74 Å². The molecule has 1 aliphatic carbocycles.